The molecule has 0 heterocycles. The molecule has 0 aliphatic carbocycles. The lowest BCUT2D eigenvalue weighted by Gasteiger charge is -2.10. The van der Waals surface area contributed by atoms with E-state index in [0.29, 0.717) is 16.9 Å². The van der Waals surface area contributed by atoms with Gasteiger partial charge < -0.3 is 10.6 Å². The Hall–Kier alpha value is -3.22. The third-order valence-electron chi connectivity index (χ3n) is 3.60. The molecule has 2 rings (SSSR count). The van der Waals surface area contributed by atoms with Gasteiger partial charge in [-0.2, -0.15) is 0 Å². The molecule has 0 aliphatic rings. The zero-order valence-corrected chi connectivity index (χ0v) is 14.2. The van der Waals surface area contributed by atoms with E-state index in [2.05, 4.69) is 10.6 Å². The summed E-state index contributed by atoms with van der Waals surface area (Å²) < 4.78 is 0. The molecular formula is C18H19N3O4. The van der Waals surface area contributed by atoms with Crippen LogP contribution in [0.4, 0.5) is 17.1 Å². The Balaban J connectivity index is 2.15. The lowest BCUT2D eigenvalue weighted by Crippen LogP contribution is -2.18. The van der Waals surface area contributed by atoms with Gasteiger partial charge in [0.15, 0.2) is 0 Å². The zero-order valence-electron chi connectivity index (χ0n) is 14.2. The van der Waals surface area contributed by atoms with Crippen molar-refractivity contribution in [3.63, 3.8) is 0 Å². The SMILES string of the molecule is Cc1cccc(C(=O)Nc2ccc(NC(=O)C(C)C)cc2)c1[N+](=O)[O-]. The van der Waals surface area contributed by atoms with Gasteiger partial charge >= 0.3 is 0 Å². The second kappa shape index (κ2) is 7.57. The first-order valence-corrected chi connectivity index (χ1v) is 7.76. The average Bonchev–Trinajstić information content (AvgIpc) is 2.55. The zero-order chi connectivity index (χ0) is 18.6. The fraction of sp³-hybridized carbons (Fsp3) is 0.222. The number of rotatable bonds is 5. The van der Waals surface area contributed by atoms with Crippen LogP contribution >= 0.6 is 0 Å². The average molecular weight is 341 g/mol. The number of anilines is 2. The molecule has 0 aromatic heterocycles. The number of hydrogen-bond donors (Lipinski definition) is 2. The van der Waals surface area contributed by atoms with E-state index in [1.165, 1.54) is 6.07 Å². The smallest absolute Gasteiger partial charge is 0.285 e. The number of hydrogen-bond acceptors (Lipinski definition) is 4. The van der Waals surface area contributed by atoms with Crippen molar-refractivity contribution in [1.29, 1.82) is 0 Å². The van der Waals surface area contributed by atoms with E-state index in [1.807, 2.05) is 0 Å². The van der Waals surface area contributed by atoms with E-state index in [9.17, 15) is 19.7 Å². The van der Waals surface area contributed by atoms with E-state index in [1.54, 1.807) is 57.2 Å². The lowest BCUT2D eigenvalue weighted by atomic mass is 10.1. The molecule has 0 unspecified atom stereocenters. The highest BCUT2D eigenvalue weighted by atomic mass is 16.6. The van der Waals surface area contributed by atoms with Gasteiger partial charge in [0.1, 0.15) is 5.56 Å². The molecule has 0 atom stereocenters. The molecule has 0 radical (unpaired) electrons. The molecule has 0 saturated carbocycles. The minimum Gasteiger partial charge on any atom is -0.326 e. The number of amides is 2. The third-order valence-corrected chi connectivity index (χ3v) is 3.60. The Bertz CT molecular complexity index is 814. The molecule has 2 aromatic carbocycles. The summed E-state index contributed by atoms with van der Waals surface area (Å²) in [4.78, 5) is 34.6. The van der Waals surface area contributed by atoms with Crippen LogP contribution in [0.15, 0.2) is 42.5 Å². The van der Waals surface area contributed by atoms with Gasteiger partial charge in [0, 0.05) is 22.9 Å². The molecule has 7 nitrogen and oxygen atoms in total. The summed E-state index contributed by atoms with van der Waals surface area (Å²) in [5.74, 6) is -0.803. The minimum absolute atomic E-state index is 0.00203. The molecule has 0 fully saturated rings. The van der Waals surface area contributed by atoms with E-state index >= 15 is 0 Å². The van der Waals surface area contributed by atoms with Crippen molar-refractivity contribution in [2.24, 2.45) is 5.92 Å². The van der Waals surface area contributed by atoms with Crippen molar-refractivity contribution in [3.8, 4) is 0 Å². The molecule has 2 aromatic rings. The van der Waals surface area contributed by atoms with Crippen LogP contribution in [-0.2, 0) is 4.79 Å². The maximum atomic E-state index is 12.4. The molecule has 0 spiro atoms. The number of nitrogens with zero attached hydrogens (tertiary/aromatic N) is 1. The Morgan fingerprint density at radius 3 is 2.08 bits per heavy atom. The highest BCUT2D eigenvalue weighted by Gasteiger charge is 2.22. The van der Waals surface area contributed by atoms with Gasteiger partial charge in [0.05, 0.1) is 4.92 Å². The molecule has 0 aliphatic heterocycles. The molecule has 25 heavy (non-hydrogen) atoms. The number of nitro benzene ring substituents is 1. The molecule has 7 heteroatoms. The van der Waals surface area contributed by atoms with E-state index < -0.39 is 10.8 Å². The first-order valence-electron chi connectivity index (χ1n) is 7.76. The van der Waals surface area contributed by atoms with Gasteiger partial charge in [-0.05, 0) is 37.3 Å². The maximum Gasteiger partial charge on any atom is 0.285 e. The minimum atomic E-state index is -0.561. The second-order valence-electron chi connectivity index (χ2n) is 5.90. The van der Waals surface area contributed by atoms with Gasteiger partial charge in [0.25, 0.3) is 11.6 Å². The van der Waals surface area contributed by atoms with Crippen molar-refractivity contribution >= 4 is 28.9 Å². The van der Waals surface area contributed by atoms with Crippen molar-refractivity contribution in [2.45, 2.75) is 20.8 Å². The normalized spacial score (nSPS) is 10.4. The summed E-state index contributed by atoms with van der Waals surface area (Å²) in [6.45, 7) is 5.17. The Morgan fingerprint density at radius 2 is 1.56 bits per heavy atom. The predicted molar refractivity (Wildman–Crippen MR) is 95.7 cm³/mol. The summed E-state index contributed by atoms with van der Waals surface area (Å²) in [7, 11) is 0. The van der Waals surface area contributed by atoms with Crippen LogP contribution in [0.5, 0.6) is 0 Å². The quantitative estimate of drug-likeness (QED) is 0.638. The van der Waals surface area contributed by atoms with Crippen LogP contribution in [0.25, 0.3) is 0 Å². The molecule has 2 amide bonds. The molecule has 130 valence electrons. The number of aryl methyl sites for hydroxylation is 1. The summed E-state index contributed by atoms with van der Waals surface area (Å²) in [6.07, 6.45) is 0. The summed E-state index contributed by atoms with van der Waals surface area (Å²) in [5.41, 5.74) is 1.30. The van der Waals surface area contributed by atoms with Crippen molar-refractivity contribution in [1.82, 2.24) is 0 Å². The summed E-state index contributed by atoms with van der Waals surface area (Å²) in [6, 6.07) is 11.1. The van der Waals surface area contributed by atoms with Crippen LogP contribution in [0, 0.1) is 23.0 Å². The largest absolute Gasteiger partial charge is 0.326 e. The van der Waals surface area contributed by atoms with Crippen molar-refractivity contribution in [2.75, 3.05) is 10.6 Å². The first kappa shape index (κ1) is 18.1. The molecule has 0 saturated heterocycles. The van der Waals surface area contributed by atoms with Crippen LogP contribution in [0.1, 0.15) is 29.8 Å². The second-order valence-corrected chi connectivity index (χ2v) is 5.90. The van der Waals surface area contributed by atoms with Gasteiger partial charge in [-0.1, -0.05) is 26.0 Å². The monoisotopic (exact) mass is 341 g/mol. The third kappa shape index (κ3) is 4.41. The highest BCUT2D eigenvalue weighted by Crippen LogP contribution is 2.24. The number of carbonyl (C=O) groups excluding carboxylic acids is 2. The molecule has 2 N–H and O–H groups in total. The Labute approximate surface area is 145 Å². The van der Waals surface area contributed by atoms with E-state index in [4.69, 9.17) is 0 Å². The Kier molecular flexibility index (Phi) is 5.49. The molecular weight excluding hydrogens is 322 g/mol. The summed E-state index contributed by atoms with van der Waals surface area (Å²) >= 11 is 0. The number of nitro groups is 1. The fourth-order valence-electron chi connectivity index (χ4n) is 2.21. The maximum absolute atomic E-state index is 12.4. The summed E-state index contributed by atoms with van der Waals surface area (Å²) in [5, 5.41) is 16.6. The van der Waals surface area contributed by atoms with Gasteiger partial charge in [-0.25, -0.2) is 0 Å². The van der Waals surface area contributed by atoms with Crippen molar-refractivity contribution < 1.29 is 14.5 Å². The van der Waals surface area contributed by atoms with E-state index in [0.717, 1.165) is 0 Å². The number of carbonyl (C=O) groups is 2. The van der Waals surface area contributed by atoms with E-state index in [-0.39, 0.29) is 23.1 Å². The van der Waals surface area contributed by atoms with Crippen LogP contribution in [-0.4, -0.2) is 16.7 Å². The predicted octanol–water partition coefficient (Wildman–Crippen LogP) is 3.75. The van der Waals surface area contributed by atoms with Crippen LogP contribution in [0.2, 0.25) is 0 Å². The number of benzene rings is 2. The fourth-order valence-corrected chi connectivity index (χ4v) is 2.21. The first-order chi connectivity index (χ1) is 11.8. The standard InChI is InChI=1S/C18H19N3O4/c1-11(2)17(22)19-13-7-9-14(10-8-13)20-18(23)15-6-4-5-12(3)16(15)21(24)25/h4-11H,1-3H3,(H,19,22)(H,20,23). The Morgan fingerprint density at radius 1 is 1.00 bits per heavy atom. The molecule has 0 bridgehead atoms. The van der Waals surface area contributed by atoms with Gasteiger partial charge in [-0.3, -0.25) is 19.7 Å². The van der Waals surface area contributed by atoms with Crippen LogP contribution in [0.3, 0.4) is 0 Å². The van der Waals surface area contributed by atoms with Gasteiger partial charge in [-0.15, -0.1) is 0 Å². The van der Waals surface area contributed by atoms with Crippen LogP contribution < -0.4 is 10.6 Å². The van der Waals surface area contributed by atoms with Gasteiger partial charge in [0.2, 0.25) is 5.91 Å². The highest BCUT2D eigenvalue weighted by molar-refractivity contribution is 6.07. The van der Waals surface area contributed by atoms with Crippen molar-refractivity contribution in [3.05, 3.63) is 63.7 Å². The topological polar surface area (TPSA) is 101 Å². The lowest BCUT2D eigenvalue weighted by molar-refractivity contribution is -0.385. The number of nitrogens with one attached hydrogen (secondary N) is 2. The number of para-hydroxylation sites is 1.